The van der Waals surface area contributed by atoms with Gasteiger partial charge in [0.2, 0.25) is 5.88 Å². The summed E-state index contributed by atoms with van der Waals surface area (Å²) in [6.45, 7) is 5.74. The third kappa shape index (κ3) is 3.09. The molecule has 0 saturated carbocycles. The number of ether oxygens (including phenoxy) is 1. The number of hydrogen-bond acceptors (Lipinski definition) is 7. The van der Waals surface area contributed by atoms with Gasteiger partial charge in [0, 0.05) is 0 Å². The molecule has 0 amide bonds. The largest absolute Gasteiger partial charge is 0.473 e. The number of nitrogens with one attached hydrogen (secondary N) is 2. The number of rotatable bonds is 5. The van der Waals surface area contributed by atoms with Crippen LogP contribution >= 0.6 is 0 Å². The molecule has 4 N–H and O–H groups in total. The number of hydrogen-bond donors (Lipinski definition) is 3. The summed E-state index contributed by atoms with van der Waals surface area (Å²) < 4.78 is 5.51. The highest BCUT2D eigenvalue weighted by Crippen LogP contribution is 2.27. The summed E-state index contributed by atoms with van der Waals surface area (Å²) in [6.07, 6.45) is 2.85. The normalized spacial score (nSPS) is 12.4. The first-order valence-electron chi connectivity index (χ1n) is 5.97. The summed E-state index contributed by atoms with van der Waals surface area (Å²) in [6, 6.07) is -0.105. The Hall–Kier alpha value is -2.38. The number of nitrogens with two attached hydrogens (primary N) is 1. The zero-order valence-electron chi connectivity index (χ0n) is 11.1. The Labute approximate surface area is 110 Å². The maximum atomic E-state index is 5.97. The first kappa shape index (κ1) is 13.1. The lowest BCUT2D eigenvalue weighted by Crippen LogP contribution is -2.14. The molecular weight excluding hydrogens is 246 g/mol. The average Bonchev–Trinajstić information content (AvgIpc) is 2.87. The van der Waals surface area contributed by atoms with Gasteiger partial charge in [-0.25, -0.2) is 9.97 Å². The molecule has 0 bridgehead atoms. The minimum atomic E-state index is -0.105. The molecule has 0 radical (unpaired) electrons. The summed E-state index contributed by atoms with van der Waals surface area (Å²) in [4.78, 5) is 12.2. The van der Waals surface area contributed by atoms with E-state index in [1.807, 2.05) is 20.8 Å². The van der Waals surface area contributed by atoms with E-state index >= 15 is 0 Å². The van der Waals surface area contributed by atoms with Gasteiger partial charge >= 0.3 is 0 Å². The maximum absolute atomic E-state index is 5.97. The predicted octanol–water partition coefficient (Wildman–Crippen LogP) is 1.14. The maximum Gasteiger partial charge on any atom is 0.242 e. The van der Waals surface area contributed by atoms with Crippen molar-refractivity contribution in [2.24, 2.45) is 0 Å². The predicted molar refractivity (Wildman–Crippen MR) is 70.6 cm³/mol. The lowest BCUT2D eigenvalue weighted by Gasteiger charge is -2.16. The molecule has 0 aliphatic heterocycles. The van der Waals surface area contributed by atoms with E-state index < -0.39 is 0 Å². The molecule has 0 aliphatic rings. The molecule has 0 fully saturated rings. The van der Waals surface area contributed by atoms with Crippen molar-refractivity contribution in [1.29, 1.82) is 0 Å². The standard InChI is InChI=1S/C11H17N7O/c1-6(2)19-11-8(12)10(13-4-15-11)17-7(3)9-14-5-16-18-9/h4-7H,12H2,1-3H3,(H,13,15,17)(H,14,16,18). The van der Waals surface area contributed by atoms with Gasteiger partial charge in [-0.2, -0.15) is 10.1 Å². The van der Waals surface area contributed by atoms with E-state index in [1.54, 1.807) is 0 Å². The van der Waals surface area contributed by atoms with Crippen LogP contribution in [0.15, 0.2) is 12.7 Å². The molecule has 1 atom stereocenters. The molecule has 1 unspecified atom stereocenters. The van der Waals surface area contributed by atoms with Gasteiger partial charge in [-0.3, -0.25) is 5.10 Å². The van der Waals surface area contributed by atoms with Crippen molar-refractivity contribution in [3.63, 3.8) is 0 Å². The Morgan fingerprint density at radius 1 is 1.21 bits per heavy atom. The fourth-order valence-electron chi connectivity index (χ4n) is 1.51. The number of aromatic amines is 1. The lowest BCUT2D eigenvalue weighted by atomic mass is 10.3. The molecule has 0 aliphatic carbocycles. The van der Waals surface area contributed by atoms with E-state index in [2.05, 4.69) is 30.5 Å². The minimum Gasteiger partial charge on any atom is -0.473 e. The van der Waals surface area contributed by atoms with Crippen LogP contribution < -0.4 is 15.8 Å². The fraction of sp³-hybridized carbons (Fsp3) is 0.455. The van der Waals surface area contributed by atoms with E-state index in [0.717, 1.165) is 0 Å². The molecule has 0 saturated heterocycles. The molecule has 8 heteroatoms. The second-order valence-electron chi connectivity index (χ2n) is 4.34. The first-order valence-corrected chi connectivity index (χ1v) is 5.97. The van der Waals surface area contributed by atoms with Crippen LogP contribution in [0.2, 0.25) is 0 Å². The molecule has 8 nitrogen and oxygen atoms in total. The van der Waals surface area contributed by atoms with Crippen LogP contribution in [0, 0.1) is 0 Å². The van der Waals surface area contributed by atoms with Crippen molar-refractivity contribution in [2.45, 2.75) is 32.9 Å². The number of H-pyrrole nitrogens is 1. The monoisotopic (exact) mass is 263 g/mol. The van der Waals surface area contributed by atoms with Crippen LogP contribution in [0.3, 0.4) is 0 Å². The van der Waals surface area contributed by atoms with E-state index in [9.17, 15) is 0 Å². The third-order valence-corrected chi connectivity index (χ3v) is 2.39. The number of nitrogens with zero attached hydrogens (tertiary/aromatic N) is 4. The first-order chi connectivity index (χ1) is 9.08. The number of aromatic nitrogens is 5. The summed E-state index contributed by atoms with van der Waals surface area (Å²) >= 11 is 0. The van der Waals surface area contributed by atoms with Gasteiger partial charge < -0.3 is 15.8 Å². The lowest BCUT2D eigenvalue weighted by molar-refractivity contribution is 0.234. The molecule has 102 valence electrons. The topological polar surface area (TPSA) is 115 Å². The Bertz CT molecular complexity index is 526. The quantitative estimate of drug-likeness (QED) is 0.740. The Kier molecular flexibility index (Phi) is 3.79. The average molecular weight is 263 g/mol. The summed E-state index contributed by atoms with van der Waals surface area (Å²) in [5.41, 5.74) is 6.35. The molecule has 2 aromatic heterocycles. The molecular formula is C11H17N7O. The van der Waals surface area contributed by atoms with Crippen LogP contribution in [0.4, 0.5) is 11.5 Å². The molecule has 2 heterocycles. The molecule has 2 rings (SSSR count). The molecule has 19 heavy (non-hydrogen) atoms. The zero-order chi connectivity index (χ0) is 13.8. The Balaban J connectivity index is 2.16. The zero-order valence-corrected chi connectivity index (χ0v) is 11.1. The number of anilines is 2. The van der Waals surface area contributed by atoms with Gasteiger partial charge in [0.25, 0.3) is 0 Å². The highest BCUT2D eigenvalue weighted by atomic mass is 16.5. The van der Waals surface area contributed by atoms with Crippen LogP contribution in [0.1, 0.15) is 32.6 Å². The fourth-order valence-corrected chi connectivity index (χ4v) is 1.51. The van der Waals surface area contributed by atoms with Crippen LogP contribution in [-0.4, -0.2) is 31.3 Å². The van der Waals surface area contributed by atoms with Gasteiger partial charge in [0.05, 0.1) is 12.1 Å². The van der Waals surface area contributed by atoms with Gasteiger partial charge in [0.1, 0.15) is 24.2 Å². The Morgan fingerprint density at radius 2 is 2.00 bits per heavy atom. The van der Waals surface area contributed by atoms with Gasteiger partial charge in [-0.15, -0.1) is 0 Å². The van der Waals surface area contributed by atoms with E-state index in [-0.39, 0.29) is 12.1 Å². The second-order valence-corrected chi connectivity index (χ2v) is 4.34. The summed E-state index contributed by atoms with van der Waals surface area (Å²) in [7, 11) is 0. The van der Waals surface area contributed by atoms with Crippen molar-refractivity contribution in [3.8, 4) is 5.88 Å². The van der Waals surface area contributed by atoms with E-state index in [0.29, 0.717) is 23.2 Å². The third-order valence-electron chi connectivity index (χ3n) is 2.39. The highest BCUT2D eigenvalue weighted by Gasteiger charge is 2.14. The van der Waals surface area contributed by atoms with Crippen molar-refractivity contribution < 1.29 is 4.74 Å². The van der Waals surface area contributed by atoms with Gasteiger partial charge in [-0.05, 0) is 20.8 Å². The van der Waals surface area contributed by atoms with Crippen LogP contribution in [-0.2, 0) is 0 Å². The van der Waals surface area contributed by atoms with Crippen LogP contribution in [0.25, 0.3) is 0 Å². The van der Waals surface area contributed by atoms with Gasteiger partial charge in [0.15, 0.2) is 5.82 Å². The smallest absolute Gasteiger partial charge is 0.242 e. The van der Waals surface area contributed by atoms with Crippen molar-refractivity contribution in [3.05, 3.63) is 18.5 Å². The minimum absolute atomic E-state index is 0.00301. The van der Waals surface area contributed by atoms with Crippen molar-refractivity contribution in [2.75, 3.05) is 11.1 Å². The summed E-state index contributed by atoms with van der Waals surface area (Å²) in [5.74, 6) is 1.58. The second kappa shape index (κ2) is 5.51. The van der Waals surface area contributed by atoms with Gasteiger partial charge in [-0.1, -0.05) is 0 Å². The number of nitrogen functional groups attached to an aromatic ring is 1. The Morgan fingerprint density at radius 3 is 2.63 bits per heavy atom. The SMILES string of the molecule is CC(C)Oc1ncnc(NC(C)c2ncn[nH]2)c1N. The molecule has 0 spiro atoms. The van der Waals surface area contributed by atoms with Crippen LogP contribution in [0.5, 0.6) is 5.88 Å². The van der Waals surface area contributed by atoms with E-state index in [4.69, 9.17) is 10.5 Å². The highest BCUT2D eigenvalue weighted by molar-refractivity contribution is 5.66. The molecule has 0 aromatic carbocycles. The van der Waals surface area contributed by atoms with Crippen molar-refractivity contribution in [1.82, 2.24) is 25.1 Å². The van der Waals surface area contributed by atoms with E-state index in [1.165, 1.54) is 12.7 Å². The molecule has 2 aromatic rings. The summed E-state index contributed by atoms with van der Waals surface area (Å²) in [5, 5.41) is 9.72. The van der Waals surface area contributed by atoms with Crippen molar-refractivity contribution >= 4 is 11.5 Å².